The monoisotopic (exact) mass is 229 g/mol. The maximum Gasteiger partial charge on any atom is 0.416 e. The zero-order valence-corrected chi connectivity index (χ0v) is 8.80. The molecule has 1 aliphatic rings. The van der Waals surface area contributed by atoms with Crippen molar-refractivity contribution in [3.8, 4) is 0 Å². The average molecular weight is 229 g/mol. The fourth-order valence-corrected chi connectivity index (χ4v) is 2.35. The molecule has 2 atom stereocenters. The summed E-state index contributed by atoms with van der Waals surface area (Å²) in [5.74, 6) is 0.0855. The predicted molar refractivity (Wildman–Crippen MR) is 56.0 cm³/mol. The molecule has 1 fully saturated rings. The van der Waals surface area contributed by atoms with Gasteiger partial charge in [0.05, 0.1) is 5.56 Å². The first-order valence-electron chi connectivity index (χ1n) is 5.41. The lowest BCUT2D eigenvalue weighted by molar-refractivity contribution is -0.137. The van der Waals surface area contributed by atoms with Gasteiger partial charge in [0, 0.05) is 6.04 Å². The van der Waals surface area contributed by atoms with Crippen LogP contribution in [0.3, 0.4) is 0 Å². The van der Waals surface area contributed by atoms with Crippen LogP contribution in [0.4, 0.5) is 13.2 Å². The molecule has 0 amide bonds. The topological polar surface area (TPSA) is 26.0 Å². The Hall–Kier alpha value is -1.03. The van der Waals surface area contributed by atoms with E-state index in [0.717, 1.165) is 30.9 Å². The van der Waals surface area contributed by atoms with Crippen LogP contribution in [-0.4, -0.2) is 6.04 Å². The summed E-state index contributed by atoms with van der Waals surface area (Å²) in [5, 5.41) is 0. The number of hydrogen-bond donors (Lipinski definition) is 1. The summed E-state index contributed by atoms with van der Waals surface area (Å²) in [6, 6.07) is 5.54. The van der Waals surface area contributed by atoms with Gasteiger partial charge in [0.1, 0.15) is 0 Å². The van der Waals surface area contributed by atoms with Gasteiger partial charge in [-0.2, -0.15) is 13.2 Å². The minimum atomic E-state index is -4.27. The van der Waals surface area contributed by atoms with Gasteiger partial charge in [-0.3, -0.25) is 0 Å². The Balaban J connectivity index is 2.29. The molecule has 0 heterocycles. The second-order valence-electron chi connectivity index (χ2n) is 4.32. The molecule has 0 unspecified atom stereocenters. The third-order valence-corrected chi connectivity index (χ3v) is 3.21. The van der Waals surface area contributed by atoms with Crippen LogP contribution in [0.1, 0.15) is 36.3 Å². The zero-order valence-electron chi connectivity index (χ0n) is 8.80. The molecule has 1 saturated carbocycles. The SMILES string of the molecule is N[C@@H]1CCC[C@H]1c1cccc(C(F)(F)F)c1. The Bertz CT molecular complexity index is 373. The minimum absolute atomic E-state index is 0.00323. The summed E-state index contributed by atoms with van der Waals surface area (Å²) >= 11 is 0. The molecule has 1 aromatic rings. The molecule has 0 spiro atoms. The summed E-state index contributed by atoms with van der Waals surface area (Å²) in [5.41, 5.74) is 6.03. The molecule has 16 heavy (non-hydrogen) atoms. The van der Waals surface area contributed by atoms with Crippen molar-refractivity contribution in [3.63, 3.8) is 0 Å². The molecule has 1 nitrogen and oxygen atoms in total. The second-order valence-corrected chi connectivity index (χ2v) is 4.32. The highest BCUT2D eigenvalue weighted by atomic mass is 19.4. The van der Waals surface area contributed by atoms with Crippen LogP contribution in [0.2, 0.25) is 0 Å². The molecule has 4 heteroatoms. The average Bonchev–Trinajstić information content (AvgIpc) is 2.63. The molecule has 0 aliphatic heterocycles. The van der Waals surface area contributed by atoms with Crippen LogP contribution in [0, 0.1) is 0 Å². The molecule has 1 aromatic carbocycles. The predicted octanol–water partition coefficient (Wildman–Crippen LogP) is 3.30. The fraction of sp³-hybridized carbons (Fsp3) is 0.500. The van der Waals surface area contributed by atoms with Crippen molar-refractivity contribution in [2.45, 2.75) is 37.4 Å². The van der Waals surface area contributed by atoms with E-state index in [1.165, 1.54) is 12.1 Å². The second kappa shape index (κ2) is 4.09. The van der Waals surface area contributed by atoms with Crippen molar-refractivity contribution in [1.29, 1.82) is 0 Å². The van der Waals surface area contributed by atoms with Crippen LogP contribution in [0.15, 0.2) is 24.3 Å². The summed E-state index contributed by atoms with van der Waals surface area (Å²) in [6.45, 7) is 0. The maximum atomic E-state index is 12.5. The van der Waals surface area contributed by atoms with E-state index in [1.807, 2.05) is 0 Å². The number of alkyl halides is 3. The lowest BCUT2D eigenvalue weighted by atomic mass is 9.93. The minimum Gasteiger partial charge on any atom is -0.327 e. The quantitative estimate of drug-likeness (QED) is 0.785. The lowest BCUT2D eigenvalue weighted by Gasteiger charge is -2.17. The van der Waals surface area contributed by atoms with E-state index in [-0.39, 0.29) is 12.0 Å². The maximum absolute atomic E-state index is 12.5. The van der Waals surface area contributed by atoms with Crippen molar-refractivity contribution in [2.24, 2.45) is 5.73 Å². The standard InChI is InChI=1S/C12H14F3N/c13-12(14,15)9-4-1-3-8(7-9)10-5-2-6-11(10)16/h1,3-4,7,10-11H,2,5-6,16H2/t10-,11+/m0/s1. The Morgan fingerprint density at radius 2 is 1.94 bits per heavy atom. The summed E-state index contributed by atoms with van der Waals surface area (Å²) in [4.78, 5) is 0. The Kier molecular flexibility index (Phi) is 2.93. The fourth-order valence-electron chi connectivity index (χ4n) is 2.35. The van der Waals surface area contributed by atoms with Gasteiger partial charge in [0.2, 0.25) is 0 Å². The molecule has 0 bridgehead atoms. The Morgan fingerprint density at radius 3 is 2.50 bits per heavy atom. The molecular formula is C12H14F3N. The Morgan fingerprint density at radius 1 is 1.19 bits per heavy atom. The highest BCUT2D eigenvalue weighted by Gasteiger charge is 2.32. The normalized spacial score (nSPS) is 26.0. The van der Waals surface area contributed by atoms with E-state index >= 15 is 0 Å². The largest absolute Gasteiger partial charge is 0.416 e. The summed E-state index contributed by atoms with van der Waals surface area (Å²) in [7, 11) is 0. The summed E-state index contributed by atoms with van der Waals surface area (Å²) < 4.78 is 37.6. The van der Waals surface area contributed by atoms with Gasteiger partial charge >= 0.3 is 6.18 Å². The van der Waals surface area contributed by atoms with E-state index in [1.54, 1.807) is 6.07 Å². The van der Waals surface area contributed by atoms with Crippen LogP contribution in [0.5, 0.6) is 0 Å². The van der Waals surface area contributed by atoms with Gasteiger partial charge < -0.3 is 5.73 Å². The highest BCUT2D eigenvalue weighted by Crippen LogP contribution is 2.36. The van der Waals surface area contributed by atoms with Crippen LogP contribution < -0.4 is 5.73 Å². The van der Waals surface area contributed by atoms with Crippen molar-refractivity contribution in [2.75, 3.05) is 0 Å². The molecular weight excluding hydrogens is 215 g/mol. The third kappa shape index (κ3) is 2.21. The summed E-state index contributed by atoms with van der Waals surface area (Å²) in [6.07, 6.45) is -1.47. The van der Waals surface area contributed by atoms with Gasteiger partial charge in [-0.15, -0.1) is 0 Å². The van der Waals surface area contributed by atoms with Gasteiger partial charge in [0.25, 0.3) is 0 Å². The van der Waals surface area contributed by atoms with Gasteiger partial charge in [0.15, 0.2) is 0 Å². The first-order chi connectivity index (χ1) is 7.48. The van der Waals surface area contributed by atoms with E-state index in [2.05, 4.69) is 0 Å². The van der Waals surface area contributed by atoms with Crippen LogP contribution in [0.25, 0.3) is 0 Å². The van der Waals surface area contributed by atoms with E-state index in [4.69, 9.17) is 5.73 Å². The highest BCUT2D eigenvalue weighted by molar-refractivity contribution is 5.29. The number of halogens is 3. The van der Waals surface area contributed by atoms with Crippen LogP contribution >= 0.6 is 0 Å². The number of hydrogen-bond acceptors (Lipinski definition) is 1. The third-order valence-electron chi connectivity index (χ3n) is 3.21. The molecule has 0 saturated heterocycles. The molecule has 1 aliphatic carbocycles. The zero-order chi connectivity index (χ0) is 11.8. The first kappa shape index (κ1) is 11.5. The molecule has 2 N–H and O–H groups in total. The number of benzene rings is 1. The van der Waals surface area contributed by atoms with Crippen molar-refractivity contribution in [1.82, 2.24) is 0 Å². The van der Waals surface area contributed by atoms with E-state index in [0.29, 0.717) is 0 Å². The van der Waals surface area contributed by atoms with Crippen molar-refractivity contribution >= 4 is 0 Å². The van der Waals surface area contributed by atoms with Crippen molar-refractivity contribution in [3.05, 3.63) is 35.4 Å². The smallest absolute Gasteiger partial charge is 0.327 e. The molecule has 0 radical (unpaired) electrons. The van der Waals surface area contributed by atoms with E-state index in [9.17, 15) is 13.2 Å². The van der Waals surface area contributed by atoms with Gasteiger partial charge in [-0.1, -0.05) is 24.6 Å². The lowest BCUT2D eigenvalue weighted by Crippen LogP contribution is -2.23. The van der Waals surface area contributed by atoms with Crippen LogP contribution in [-0.2, 0) is 6.18 Å². The first-order valence-corrected chi connectivity index (χ1v) is 5.41. The Labute approximate surface area is 92.5 Å². The van der Waals surface area contributed by atoms with E-state index < -0.39 is 11.7 Å². The van der Waals surface area contributed by atoms with Gasteiger partial charge in [-0.05, 0) is 30.4 Å². The number of nitrogens with two attached hydrogens (primary N) is 1. The molecule has 88 valence electrons. The molecule has 2 rings (SSSR count). The van der Waals surface area contributed by atoms with Gasteiger partial charge in [-0.25, -0.2) is 0 Å². The number of rotatable bonds is 1. The van der Waals surface area contributed by atoms with Crippen molar-refractivity contribution < 1.29 is 13.2 Å². The molecule has 0 aromatic heterocycles.